The number of nitrogens with zero attached hydrogens (tertiary/aromatic N) is 1. The normalized spacial score (nSPS) is 13.4. The zero-order valence-corrected chi connectivity index (χ0v) is 39.4. The second kappa shape index (κ2) is 42.7. The van der Waals surface area contributed by atoms with Crippen LogP contribution in [0.2, 0.25) is 0 Å². The third-order valence-corrected chi connectivity index (χ3v) is 10.7. The number of unbranched alkanes of at least 4 members (excludes halogenated alkanes) is 19. The highest BCUT2D eigenvalue weighted by molar-refractivity contribution is 5.72. The van der Waals surface area contributed by atoms with Crippen molar-refractivity contribution in [2.75, 3.05) is 41.0 Å². The fourth-order valence-electron chi connectivity index (χ4n) is 6.90. The van der Waals surface area contributed by atoms with Crippen molar-refractivity contribution in [2.45, 2.75) is 212 Å². The number of carbonyl (C=O) groups excluding carboxylic acids is 2. The van der Waals surface area contributed by atoms with Gasteiger partial charge in [-0.2, -0.15) is 0 Å². The summed E-state index contributed by atoms with van der Waals surface area (Å²) in [5.74, 6) is -1.49. The average Bonchev–Trinajstić information content (AvgIpc) is 3.21. The maximum atomic E-state index is 12.8. The van der Waals surface area contributed by atoms with Crippen LogP contribution in [0.1, 0.15) is 200 Å². The van der Waals surface area contributed by atoms with Gasteiger partial charge in [0, 0.05) is 19.3 Å². The molecule has 2 unspecified atom stereocenters. The molecular weight excluding hydrogens is 751 g/mol. The van der Waals surface area contributed by atoms with E-state index in [0.29, 0.717) is 19.3 Å². The molecule has 8 heteroatoms. The standard InChI is InChI=1S/C52H91NO7/c1-6-8-10-12-14-16-18-20-22-24-25-27-28-30-32-34-36-38-40-42-50(54)59-47-48(46-58-45-44-49(52(56)57)53(3,4)5)60-51(55)43-41-39-37-35-33-31-29-26-23-21-19-17-15-13-11-9-7-2/h8,10,14,16,20-23,25,27,48-49H,6-7,9,11-13,15,17-19,24,26,28-47H2,1-5H3/p+1/b10-8+,16-14+,22-20+,23-21+,27-25+. The molecule has 0 aliphatic rings. The van der Waals surface area contributed by atoms with Crippen molar-refractivity contribution in [1.82, 2.24) is 0 Å². The average molecular weight is 843 g/mol. The summed E-state index contributed by atoms with van der Waals surface area (Å²) >= 11 is 0. The maximum absolute atomic E-state index is 12.8. The highest BCUT2D eigenvalue weighted by Gasteiger charge is 2.31. The Hall–Kier alpha value is -2.97. The molecule has 0 spiro atoms. The van der Waals surface area contributed by atoms with Crippen LogP contribution < -0.4 is 0 Å². The van der Waals surface area contributed by atoms with Crippen molar-refractivity contribution < 1.29 is 38.2 Å². The highest BCUT2D eigenvalue weighted by atomic mass is 16.6. The fourth-order valence-corrected chi connectivity index (χ4v) is 6.90. The predicted octanol–water partition coefficient (Wildman–Crippen LogP) is 13.8. The van der Waals surface area contributed by atoms with E-state index >= 15 is 0 Å². The Morgan fingerprint density at radius 3 is 1.40 bits per heavy atom. The van der Waals surface area contributed by atoms with E-state index in [1.165, 1.54) is 89.9 Å². The van der Waals surface area contributed by atoms with Crippen LogP contribution in [0.4, 0.5) is 0 Å². The molecular formula is C52H92NO7+. The highest BCUT2D eigenvalue weighted by Crippen LogP contribution is 2.14. The fraction of sp³-hybridized carbons (Fsp3) is 0.750. The Balaban J connectivity index is 4.32. The first kappa shape index (κ1) is 57.0. The zero-order valence-electron chi connectivity index (χ0n) is 39.4. The van der Waals surface area contributed by atoms with Crippen molar-refractivity contribution in [3.8, 4) is 0 Å². The summed E-state index contributed by atoms with van der Waals surface area (Å²) in [6, 6.07) is -0.620. The van der Waals surface area contributed by atoms with Gasteiger partial charge in [0.15, 0.2) is 12.1 Å². The smallest absolute Gasteiger partial charge is 0.362 e. The third-order valence-electron chi connectivity index (χ3n) is 10.7. The molecule has 1 N–H and O–H groups in total. The minimum atomic E-state index is -0.879. The van der Waals surface area contributed by atoms with E-state index in [-0.39, 0.29) is 36.2 Å². The Morgan fingerprint density at radius 1 is 0.517 bits per heavy atom. The minimum absolute atomic E-state index is 0.0532. The summed E-state index contributed by atoms with van der Waals surface area (Å²) in [6.45, 7) is 4.61. The molecule has 0 aliphatic heterocycles. The number of carbonyl (C=O) groups is 3. The van der Waals surface area contributed by atoms with E-state index in [4.69, 9.17) is 14.2 Å². The van der Waals surface area contributed by atoms with E-state index < -0.39 is 18.1 Å². The molecule has 0 heterocycles. The molecule has 0 aromatic heterocycles. The number of carboxylic acid groups (broad SMARTS) is 1. The Bertz CT molecular complexity index is 1170. The molecule has 0 aromatic carbocycles. The minimum Gasteiger partial charge on any atom is -0.477 e. The number of hydrogen-bond donors (Lipinski definition) is 1. The van der Waals surface area contributed by atoms with Crippen molar-refractivity contribution in [1.29, 1.82) is 0 Å². The summed E-state index contributed by atoms with van der Waals surface area (Å²) in [6.07, 6.45) is 52.6. The predicted molar refractivity (Wildman–Crippen MR) is 252 cm³/mol. The van der Waals surface area contributed by atoms with Crippen molar-refractivity contribution in [2.24, 2.45) is 0 Å². The first-order valence-electron chi connectivity index (χ1n) is 24.3. The van der Waals surface area contributed by atoms with E-state index in [0.717, 1.165) is 77.0 Å². The lowest BCUT2D eigenvalue weighted by molar-refractivity contribution is -0.887. The molecule has 0 aliphatic carbocycles. The van der Waals surface area contributed by atoms with Crippen LogP contribution in [0.25, 0.3) is 0 Å². The molecule has 0 saturated carbocycles. The molecule has 0 rings (SSSR count). The Kier molecular flexibility index (Phi) is 40.6. The van der Waals surface area contributed by atoms with Gasteiger partial charge in [-0.1, -0.05) is 164 Å². The largest absolute Gasteiger partial charge is 0.477 e. The van der Waals surface area contributed by atoms with Crippen molar-refractivity contribution in [3.63, 3.8) is 0 Å². The number of esters is 2. The van der Waals surface area contributed by atoms with Crippen LogP contribution >= 0.6 is 0 Å². The van der Waals surface area contributed by atoms with Gasteiger partial charge in [0.25, 0.3) is 0 Å². The van der Waals surface area contributed by atoms with Gasteiger partial charge < -0.3 is 23.8 Å². The van der Waals surface area contributed by atoms with Crippen LogP contribution in [0, 0.1) is 0 Å². The van der Waals surface area contributed by atoms with Crippen LogP contribution in [0.15, 0.2) is 60.8 Å². The van der Waals surface area contributed by atoms with E-state index in [2.05, 4.69) is 74.6 Å². The number of allylic oxidation sites excluding steroid dienone is 10. The molecule has 0 fully saturated rings. The lowest BCUT2D eigenvalue weighted by atomic mass is 10.1. The second-order valence-corrected chi connectivity index (χ2v) is 17.3. The molecule has 0 saturated heterocycles. The van der Waals surface area contributed by atoms with Gasteiger partial charge in [0.1, 0.15) is 6.61 Å². The summed E-state index contributed by atoms with van der Waals surface area (Å²) in [5, 5.41) is 9.64. The van der Waals surface area contributed by atoms with Gasteiger partial charge >= 0.3 is 17.9 Å². The summed E-state index contributed by atoms with van der Waals surface area (Å²) in [4.78, 5) is 37.1. The van der Waals surface area contributed by atoms with Crippen molar-refractivity contribution >= 4 is 17.9 Å². The number of aliphatic carboxylic acids is 1. The number of rotatable bonds is 43. The van der Waals surface area contributed by atoms with E-state index in [9.17, 15) is 19.5 Å². The van der Waals surface area contributed by atoms with Crippen LogP contribution in [-0.2, 0) is 28.6 Å². The first-order valence-corrected chi connectivity index (χ1v) is 24.3. The maximum Gasteiger partial charge on any atom is 0.362 e. The Labute approximate surface area is 368 Å². The summed E-state index contributed by atoms with van der Waals surface area (Å²) in [5.41, 5.74) is 0. The molecule has 60 heavy (non-hydrogen) atoms. The molecule has 0 bridgehead atoms. The number of likely N-dealkylation sites (N-methyl/N-ethyl adjacent to an activating group) is 1. The number of hydrogen-bond acceptors (Lipinski definition) is 6. The lowest BCUT2D eigenvalue weighted by Gasteiger charge is -2.31. The molecule has 0 radical (unpaired) electrons. The van der Waals surface area contributed by atoms with Gasteiger partial charge in [0.2, 0.25) is 0 Å². The first-order chi connectivity index (χ1) is 29.1. The van der Waals surface area contributed by atoms with Crippen molar-refractivity contribution in [3.05, 3.63) is 60.8 Å². The van der Waals surface area contributed by atoms with Crippen LogP contribution in [0.3, 0.4) is 0 Å². The molecule has 0 amide bonds. The lowest BCUT2D eigenvalue weighted by Crippen LogP contribution is -2.50. The van der Waals surface area contributed by atoms with Gasteiger partial charge in [-0.25, -0.2) is 4.79 Å². The number of quaternary nitrogens is 1. The summed E-state index contributed by atoms with van der Waals surface area (Å²) in [7, 11) is 5.52. The van der Waals surface area contributed by atoms with Gasteiger partial charge in [0.05, 0.1) is 34.4 Å². The topological polar surface area (TPSA) is 99.1 Å². The van der Waals surface area contributed by atoms with E-state index in [1.54, 1.807) is 0 Å². The SMILES string of the molecule is CC/C=C/C/C=C/C/C=C/C/C=C/CCCCCCCCC(=O)OCC(COCCC(C(=O)O)[N+](C)(C)C)OC(=O)CCCCCCCCC/C=C/CCCCCCCC. The molecule has 346 valence electrons. The quantitative estimate of drug-likeness (QED) is 0.0282. The monoisotopic (exact) mass is 843 g/mol. The van der Waals surface area contributed by atoms with Crippen LogP contribution in [0.5, 0.6) is 0 Å². The van der Waals surface area contributed by atoms with Crippen LogP contribution in [-0.4, -0.2) is 80.6 Å². The van der Waals surface area contributed by atoms with Gasteiger partial charge in [-0.3, -0.25) is 9.59 Å². The third kappa shape index (κ3) is 40.4. The van der Waals surface area contributed by atoms with E-state index in [1.807, 2.05) is 21.1 Å². The summed E-state index contributed by atoms with van der Waals surface area (Å²) < 4.78 is 17.3. The number of ether oxygens (including phenoxy) is 3. The molecule has 2 atom stereocenters. The zero-order chi connectivity index (χ0) is 44.2. The Morgan fingerprint density at radius 2 is 0.933 bits per heavy atom. The second-order valence-electron chi connectivity index (χ2n) is 17.3. The number of carboxylic acids is 1. The van der Waals surface area contributed by atoms with Gasteiger partial charge in [-0.15, -0.1) is 0 Å². The molecule has 0 aromatic rings. The molecule has 8 nitrogen and oxygen atoms in total. The van der Waals surface area contributed by atoms with Gasteiger partial charge in [-0.05, 0) is 77.0 Å².